The Morgan fingerprint density at radius 2 is 2.26 bits per heavy atom. The lowest BCUT2D eigenvalue weighted by molar-refractivity contribution is -0.138. The summed E-state index contributed by atoms with van der Waals surface area (Å²) in [5.41, 5.74) is 0. The molecule has 0 bridgehead atoms. The van der Waals surface area contributed by atoms with Gasteiger partial charge < -0.3 is 5.11 Å². The van der Waals surface area contributed by atoms with Crippen LogP contribution in [0.25, 0.3) is 0 Å². The molecule has 0 spiro atoms. The largest absolute Gasteiger partial charge is 0.481 e. The Hall–Kier alpha value is -1.07. The van der Waals surface area contributed by atoms with E-state index < -0.39 is 5.97 Å². The summed E-state index contributed by atoms with van der Waals surface area (Å²) < 4.78 is 13.4. The van der Waals surface area contributed by atoms with Crippen molar-refractivity contribution in [2.75, 3.05) is 18.8 Å². The summed E-state index contributed by atoms with van der Waals surface area (Å²) >= 11 is 1.49. The maximum atomic E-state index is 13.4. The highest BCUT2D eigenvalue weighted by molar-refractivity contribution is 7.99. The fourth-order valence-electron chi connectivity index (χ4n) is 2.46. The van der Waals surface area contributed by atoms with Crippen molar-refractivity contribution in [2.45, 2.75) is 30.2 Å². The molecule has 1 unspecified atom stereocenters. The molecule has 104 valence electrons. The van der Waals surface area contributed by atoms with Crippen LogP contribution in [0.4, 0.5) is 4.39 Å². The third-order valence-electron chi connectivity index (χ3n) is 3.38. The van der Waals surface area contributed by atoms with Gasteiger partial charge in [0.05, 0.1) is 6.42 Å². The highest BCUT2D eigenvalue weighted by atomic mass is 32.2. The Morgan fingerprint density at radius 3 is 3.00 bits per heavy atom. The number of nitrogens with zero attached hydrogens (tertiary/aromatic N) is 1. The first-order chi connectivity index (χ1) is 9.16. The maximum Gasteiger partial charge on any atom is 0.304 e. The summed E-state index contributed by atoms with van der Waals surface area (Å²) in [5.74, 6) is -0.133. The molecule has 0 saturated carbocycles. The maximum absolute atomic E-state index is 13.4. The quantitative estimate of drug-likeness (QED) is 0.815. The molecule has 1 aliphatic rings. The van der Waals surface area contributed by atoms with Crippen LogP contribution in [0.5, 0.6) is 0 Å². The second kappa shape index (κ2) is 6.91. The van der Waals surface area contributed by atoms with Gasteiger partial charge in [-0.15, -0.1) is 11.8 Å². The SMILES string of the molecule is O=C(O)CC1CCCN1CCSc1ccccc1F. The van der Waals surface area contributed by atoms with E-state index in [1.54, 1.807) is 12.1 Å². The van der Waals surface area contributed by atoms with Crippen LogP contribution in [-0.4, -0.2) is 40.9 Å². The second-order valence-corrected chi connectivity index (χ2v) is 5.85. The van der Waals surface area contributed by atoms with Gasteiger partial charge in [0, 0.05) is 23.2 Å². The van der Waals surface area contributed by atoms with Crippen LogP contribution in [0.3, 0.4) is 0 Å². The molecule has 1 aromatic rings. The van der Waals surface area contributed by atoms with E-state index in [0.717, 1.165) is 31.7 Å². The number of likely N-dealkylation sites (tertiary alicyclic amines) is 1. The Bertz CT molecular complexity index is 441. The Morgan fingerprint density at radius 1 is 1.47 bits per heavy atom. The van der Waals surface area contributed by atoms with Gasteiger partial charge in [-0.1, -0.05) is 12.1 Å². The van der Waals surface area contributed by atoms with Gasteiger partial charge in [-0.2, -0.15) is 0 Å². The number of rotatable bonds is 6. The molecule has 1 saturated heterocycles. The minimum absolute atomic E-state index is 0.152. The Labute approximate surface area is 116 Å². The number of aliphatic carboxylic acids is 1. The van der Waals surface area contributed by atoms with E-state index in [0.29, 0.717) is 4.90 Å². The van der Waals surface area contributed by atoms with Gasteiger partial charge in [0.2, 0.25) is 0 Å². The summed E-state index contributed by atoms with van der Waals surface area (Å²) in [6.45, 7) is 1.77. The van der Waals surface area contributed by atoms with E-state index in [1.807, 2.05) is 6.07 Å². The number of carboxylic acids is 1. The summed E-state index contributed by atoms with van der Waals surface area (Å²) in [6, 6.07) is 6.90. The number of hydrogen-bond donors (Lipinski definition) is 1. The monoisotopic (exact) mass is 283 g/mol. The molecule has 0 amide bonds. The van der Waals surface area contributed by atoms with Crippen LogP contribution < -0.4 is 0 Å². The summed E-state index contributed by atoms with van der Waals surface area (Å²) in [5, 5.41) is 8.85. The summed E-state index contributed by atoms with van der Waals surface area (Å²) in [6.07, 6.45) is 2.23. The first-order valence-corrected chi connectivity index (χ1v) is 7.48. The molecule has 1 fully saturated rings. The molecular formula is C14H18FNO2S. The van der Waals surface area contributed by atoms with E-state index in [9.17, 15) is 9.18 Å². The molecule has 0 radical (unpaired) electrons. The van der Waals surface area contributed by atoms with Crippen LogP contribution >= 0.6 is 11.8 Å². The number of halogens is 1. The van der Waals surface area contributed by atoms with Gasteiger partial charge in [0.25, 0.3) is 0 Å². The highest BCUT2D eigenvalue weighted by Crippen LogP contribution is 2.24. The fourth-order valence-corrected chi connectivity index (χ4v) is 3.38. The van der Waals surface area contributed by atoms with E-state index in [2.05, 4.69) is 4.90 Å². The third-order valence-corrected chi connectivity index (χ3v) is 4.41. The van der Waals surface area contributed by atoms with Gasteiger partial charge in [-0.05, 0) is 31.5 Å². The molecule has 1 aromatic carbocycles. The van der Waals surface area contributed by atoms with Crippen molar-refractivity contribution in [1.29, 1.82) is 0 Å². The molecule has 19 heavy (non-hydrogen) atoms. The molecule has 3 nitrogen and oxygen atoms in total. The second-order valence-electron chi connectivity index (χ2n) is 4.71. The first kappa shape index (κ1) is 14.3. The van der Waals surface area contributed by atoms with Gasteiger partial charge in [-0.3, -0.25) is 9.69 Å². The van der Waals surface area contributed by atoms with Crippen molar-refractivity contribution in [3.63, 3.8) is 0 Å². The fraction of sp³-hybridized carbons (Fsp3) is 0.500. The van der Waals surface area contributed by atoms with Gasteiger partial charge in [-0.25, -0.2) is 4.39 Å². The number of thioether (sulfide) groups is 1. The topological polar surface area (TPSA) is 40.5 Å². The molecule has 5 heteroatoms. The lowest BCUT2D eigenvalue weighted by atomic mass is 10.1. The van der Waals surface area contributed by atoms with Crippen LogP contribution in [0, 0.1) is 5.82 Å². The number of hydrogen-bond acceptors (Lipinski definition) is 3. The van der Waals surface area contributed by atoms with Crippen LogP contribution in [-0.2, 0) is 4.79 Å². The van der Waals surface area contributed by atoms with Gasteiger partial charge in [0.1, 0.15) is 5.82 Å². The zero-order valence-corrected chi connectivity index (χ0v) is 11.5. The molecule has 2 rings (SSSR count). The molecule has 1 atom stereocenters. The summed E-state index contributed by atoms with van der Waals surface area (Å²) in [4.78, 5) is 13.6. The number of benzene rings is 1. The zero-order chi connectivity index (χ0) is 13.7. The average molecular weight is 283 g/mol. The van der Waals surface area contributed by atoms with Crippen molar-refractivity contribution < 1.29 is 14.3 Å². The molecule has 0 aromatic heterocycles. The van der Waals surface area contributed by atoms with Crippen molar-refractivity contribution >= 4 is 17.7 Å². The lowest BCUT2D eigenvalue weighted by Gasteiger charge is -2.22. The summed E-state index contributed by atoms with van der Waals surface area (Å²) in [7, 11) is 0. The van der Waals surface area contributed by atoms with E-state index in [-0.39, 0.29) is 18.3 Å². The molecule has 0 aliphatic carbocycles. The predicted octanol–water partition coefficient (Wildman–Crippen LogP) is 2.86. The van der Waals surface area contributed by atoms with E-state index in [1.165, 1.54) is 17.8 Å². The molecule has 1 aliphatic heterocycles. The first-order valence-electron chi connectivity index (χ1n) is 6.50. The predicted molar refractivity (Wildman–Crippen MR) is 74.0 cm³/mol. The normalized spacial score (nSPS) is 19.7. The van der Waals surface area contributed by atoms with Gasteiger partial charge >= 0.3 is 5.97 Å². The van der Waals surface area contributed by atoms with E-state index in [4.69, 9.17) is 5.11 Å². The standard InChI is InChI=1S/C14H18FNO2S/c15-12-5-1-2-6-13(12)19-9-8-16-7-3-4-11(16)10-14(17)18/h1-2,5-6,11H,3-4,7-10H2,(H,17,18). The van der Waals surface area contributed by atoms with Crippen molar-refractivity contribution in [2.24, 2.45) is 0 Å². The van der Waals surface area contributed by atoms with Crippen molar-refractivity contribution in [3.8, 4) is 0 Å². The van der Waals surface area contributed by atoms with Gasteiger partial charge in [0.15, 0.2) is 0 Å². The average Bonchev–Trinajstić information content (AvgIpc) is 2.78. The number of carboxylic acid groups (broad SMARTS) is 1. The van der Waals surface area contributed by atoms with E-state index >= 15 is 0 Å². The zero-order valence-electron chi connectivity index (χ0n) is 10.7. The van der Waals surface area contributed by atoms with Crippen molar-refractivity contribution in [3.05, 3.63) is 30.1 Å². The van der Waals surface area contributed by atoms with Crippen molar-refractivity contribution in [1.82, 2.24) is 4.90 Å². The Kier molecular flexibility index (Phi) is 5.22. The van der Waals surface area contributed by atoms with Crippen LogP contribution in [0.2, 0.25) is 0 Å². The molecule has 1 N–H and O–H groups in total. The minimum Gasteiger partial charge on any atom is -0.481 e. The minimum atomic E-state index is -0.737. The number of carbonyl (C=O) groups is 1. The Balaban J connectivity index is 1.79. The smallest absolute Gasteiger partial charge is 0.304 e. The lowest BCUT2D eigenvalue weighted by Crippen LogP contribution is -2.33. The van der Waals surface area contributed by atoms with Crippen LogP contribution in [0.1, 0.15) is 19.3 Å². The molecule has 1 heterocycles. The third kappa shape index (κ3) is 4.21. The van der Waals surface area contributed by atoms with Crippen LogP contribution in [0.15, 0.2) is 29.2 Å². The highest BCUT2D eigenvalue weighted by Gasteiger charge is 2.25. The molecular weight excluding hydrogens is 265 g/mol.